The summed E-state index contributed by atoms with van der Waals surface area (Å²) in [6.07, 6.45) is 0. The Balaban J connectivity index is 2.62. The highest BCUT2D eigenvalue weighted by atomic mass is 16.3. The van der Waals surface area contributed by atoms with Gasteiger partial charge in [0.05, 0.1) is 5.60 Å². The van der Waals surface area contributed by atoms with E-state index in [1.165, 1.54) is 11.1 Å². The summed E-state index contributed by atoms with van der Waals surface area (Å²) < 4.78 is 0. The van der Waals surface area contributed by atoms with Crippen LogP contribution in [0.5, 0.6) is 0 Å². The summed E-state index contributed by atoms with van der Waals surface area (Å²) in [7, 11) is 0. The lowest BCUT2D eigenvalue weighted by molar-refractivity contribution is 0.0122. The van der Waals surface area contributed by atoms with Crippen LogP contribution in [0, 0.1) is 12.8 Å². The summed E-state index contributed by atoms with van der Waals surface area (Å²) in [6.45, 7) is 10.8. The van der Waals surface area contributed by atoms with E-state index >= 15 is 0 Å². The predicted octanol–water partition coefficient (Wildman–Crippen LogP) is 3.05. The number of nitrogens with one attached hydrogen (secondary N) is 1. The fourth-order valence-electron chi connectivity index (χ4n) is 1.75. The van der Waals surface area contributed by atoms with E-state index in [1.807, 2.05) is 20.8 Å². The molecule has 0 fully saturated rings. The van der Waals surface area contributed by atoms with Crippen molar-refractivity contribution in [2.75, 3.05) is 6.54 Å². The molecule has 0 aliphatic heterocycles. The van der Waals surface area contributed by atoms with Crippen molar-refractivity contribution < 1.29 is 5.11 Å². The molecule has 0 heterocycles. The fraction of sp³-hybridized carbons (Fsp3) is 0.600. The van der Waals surface area contributed by atoms with Crippen LogP contribution in [-0.4, -0.2) is 17.3 Å². The maximum atomic E-state index is 10.2. The van der Waals surface area contributed by atoms with E-state index in [0.717, 1.165) is 0 Å². The SMILES string of the molecule is Cc1ccccc1[C@H](C)NCC(C)(O)C(C)C. The second-order valence-electron chi connectivity index (χ2n) is 5.47. The third-order valence-electron chi connectivity index (χ3n) is 3.66. The molecule has 1 aromatic carbocycles. The van der Waals surface area contributed by atoms with Gasteiger partial charge in [0.25, 0.3) is 0 Å². The highest BCUT2D eigenvalue weighted by molar-refractivity contribution is 5.28. The van der Waals surface area contributed by atoms with Gasteiger partial charge in [-0.2, -0.15) is 0 Å². The molecule has 0 aliphatic carbocycles. The monoisotopic (exact) mass is 235 g/mol. The topological polar surface area (TPSA) is 32.3 Å². The summed E-state index contributed by atoms with van der Waals surface area (Å²) >= 11 is 0. The maximum Gasteiger partial charge on any atom is 0.0766 e. The first kappa shape index (κ1) is 14.2. The van der Waals surface area contributed by atoms with Gasteiger partial charge in [0.15, 0.2) is 0 Å². The van der Waals surface area contributed by atoms with Crippen molar-refractivity contribution >= 4 is 0 Å². The van der Waals surface area contributed by atoms with Crippen molar-refractivity contribution in [3.05, 3.63) is 35.4 Å². The Kier molecular flexibility index (Phi) is 4.72. The zero-order valence-corrected chi connectivity index (χ0v) is 11.6. The molecule has 1 unspecified atom stereocenters. The smallest absolute Gasteiger partial charge is 0.0766 e. The summed E-state index contributed by atoms with van der Waals surface area (Å²) in [5, 5.41) is 13.6. The van der Waals surface area contributed by atoms with Crippen molar-refractivity contribution in [2.45, 2.75) is 46.3 Å². The van der Waals surface area contributed by atoms with E-state index < -0.39 is 5.60 Å². The van der Waals surface area contributed by atoms with Crippen molar-refractivity contribution in [1.29, 1.82) is 0 Å². The quantitative estimate of drug-likeness (QED) is 0.822. The van der Waals surface area contributed by atoms with E-state index in [1.54, 1.807) is 0 Å². The number of aliphatic hydroxyl groups is 1. The molecular formula is C15H25NO. The largest absolute Gasteiger partial charge is 0.389 e. The number of rotatable bonds is 5. The normalized spacial score (nSPS) is 16.9. The maximum absolute atomic E-state index is 10.2. The molecule has 0 aromatic heterocycles. The Morgan fingerprint density at radius 2 is 1.82 bits per heavy atom. The number of hydrogen-bond acceptors (Lipinski definition) is 2. The van der Waals surface area contributed by atoms with Crippen LogP contribution < -0.4 is 5.32 Å². The molecule has 2 atom stereocenters. The van der Waals surface area contributed by atoms with Crippen molar-refractivity contribution in [2.24, 2.45) is 5.92 Å². The molecule has 0 bridgehead atoms. The molecule has 0 saturated heterocycles. The Morgan fingerprint density at radius 3 is 2.35 bits per heavy atom. The van der Waals surface area contributed by atoms with E-state index in [9.17, 15) is 5.11 Å². The Morgan fingerprint density at radius 1 is 1.24 bits per heavy atom. The van der Waals surface area contributed by atoms with Gasteiger partial charge in [-0.15, -0.1) is 0 Å². The zero-order valence-electron chi connectivity index (χ0n) is 11.6. The predicted molar refractivity (Wildman–Crippen MR) is 73.1 cm³/mol. The molecular weight excluding hydrogens is 210 g/mol. The highest BCUT2D eigenvalue weighted by Gasteiger charge is 2.25. The van der Waals surface area contributed by atoms with Gasteiger partial charge in [-0.1, -0.05) is 38.1 Å². The van der Waals surface area contributed by atoms with Crippen LogP contribution in [0.3, 0.4) is 0 Å². The van der Waals surface area contributed by atoms with Crippen molar-refractivity contribution in [3.63, 3.8) is 0 Å². The van der Waals surface area contributed by atoms with E-state index in [-0.39, 0.29) is 12.0 Å². The molecule has 0 amide bonds. The molecule has 1 aromatic rings. The van der Waals surface area contributed by atoms with Gasteiger partial charge in [0.1, 0.15) is 0 Å². The molecule has 0 radical (unpaired) electrons. The molecule has 0 aliphatic rings. The van der Waals surface area contributed by atoms with E-state index in [2.05, 4.69) is 43.4 Å². The van der Waals surface area contributed by atoms with Gasteiger partial charge in [-0.25, -0.2) is 0 Å². The molecule has 1 rings (SSSR count). The summed E-state index contributed by atoms with van der Waals surface area (Å²) in [6, 6.07) is 8.63. The number of hydrogen-bond donors (Lipinski definition) is 2. The molecule has 17 heavy (non-hydrogen) atoms. The molecule has 0 spiro atoms. The lowest BCUT2D eigenvalue weighted by Crippen LogP contribution is -2.43. The summed E-state index contributed by atoms with van der Waals surface area (Å²) in [4.78, 5) is 0. The van der Waals surface area contributed by atoms with Gasteiger partial charge in [0, 0.05) is 12.6 Å². The standard InChI is InChI=1S/C15H25NO/c1-11(2)15(5,17)10-16-13(4)14-9-7-6-8-12(14)3/h6-9,11,13,16-17H,10H2,1-5H3/t13-,15?/m0/s1. The molecule has 2 nitrogen and oxygen atoms in total. The first-order valence-corrected chi connectivity index (χ1v) is 6.36. The highest BCUT2D eigenvalue weighted by Crippen LogP contribution is 2.19. The second-order valence-corrected chi connectivity index (χ2v) is 5.47. The Labute approximate surface area is 105 Å². The first-order valence-electron chi connectivity index (χ1n) is 6.36. The molecule has 96 valence electrons. The van der Waals surface area contributed by atoms with Crippen molar-refractivity contribution in [3.8, 4) is 0 Å². The van der Waals surface area contributed by atoms with Crippen LogP contribution in [0.2, 0.25) is 0 Å². The van der Waals surface area contributed by atoms with Gasteiger partial charge in [0.2, 0.25) is 0 Å². The minimum atomic E-state index is -0.656. The Hall–Kier alpha value is -0.860. The van der Waals surface area contributed by atoms with Crippen LogP contribution in [0.25, 0.3) is 0 Å². The minimum Gasteiger partial charge on any atom is -0.389 e. The third kappa shape index (κ3) is 3.83. The summed E-state index contributed by atoms with van der Waals surface area (Å²) in [5.41, 5.74) is 1.93. The van der Waals surface area contributed by atoms with Gasteiger partial charge < -0.3 is 10.4 Å². The van der Waals surface area contributed by atoms with Gasteiger partial charge >= 0.3 is 0 Å². The van der Waals surface area contributed by atoms with Crippen LogP contribution in [0.1, 0.15) is 44.9 Å². The van der Waals surface area contributed by atoms with E-state index in [4.69, 9.17) is 0 Å². The fourth-order valence-corrected chi connectivity index (χ4v) is 1.75. The lowest BCUT2D eigenvalue weighted by Gasteiger charge is -2.30. The summed E-state index contributed by atoms with van der Waals surface area (Å²) in [5.74, 6) is 0.249. The molecule has 2 heteroatoms. The molecule has 0 saturated carbocycles. The van der Waals surface area contributed by atoms with Crippen LogP contribution in [0.15, 0.2) is 24.3 Å². The van der Waals surface area contributed by atoms with Crippen LogP contribution >= 0.6 is 0 Å². The molecule has 2 N–H and O–H groups in total. The van der Waals surface area contributed by atoms with Gasteiger partial charge in [-0.3, -0.25) is 0 Å². The number of aryl methyl sites for hydroxylation is 1. The average molecular weight is 235 g/mol. The van der Waals surface area contributed by atoms with Crippen LogP contribution in [0.4, 0.5) is 0 Å². The zero-order chi connectivity index (χ0) is 13.1. The Bertz CT molecular complexity index is 358. The average Bonchev–Trinajstić information content (AvgIpc) is 2.26. The second kappa shape index (κ2) is 5.65. The first-order chi connectivity index (χ1) is 7.84. The van der Waals surface area contributed by atoms with Crippen molar-refractivity contribution in [1.82, 2.24) is 5.32 Å². The van der Waals surface area contributed by atoms with Gasteiger partial charge in [-0.05, 0) is 37.8 Å². The number of benzene rings is 1. The minimum absolute atomic E-state index is 0.249. The lowest BCUT2D eigenvalue weighted by atomic mass is 9.92. The van der Waals surface area contributed by atoms with Crippen LogP contribution in [-0.2, 0) is 0 Å². The third-order valence-corrected chi connectivity index (χ3v) is 3.66. The van der Waals surface area contributed by atoms with E-state index in [0.29, 0.717) is 6.54 Å².